The molecule has 2 N–H and O–H groups in total. The molecule has 3 unspecified atom stereocenters. The number of nitrogens with two attached hydrogens (primary N) is 1. The van der Waals surface area contributed by atoms with Crippen molar-refractivity contribution >= 4 is 0 Å². The van der Waals surface area contributed by atoms with E-state index in [1.807, 2.05) is 18.5 Å². The van der Waals surface area contributed by atoms with Crippen LogP contribution in [0.5, 0.6) is 0 Å². The van der Waals surface area contributed by atoms with Crippen molar-refractivity contribution < 1.29 is 0 Å². The number of hydrogen-bond donors (Lipinski definition) is 1. The van der Waals surface area contributed by atoms with E-state index >= 15 is 0 Å². The molecule has 0 amide bonds. The first kappa shape index (κ1) is 11.6. The Balaban J connectivity index is 1.90. The summed E-state index contributed by atoms with van der Waals surface area (Å²) in [6.07, 6.45) is 10.1. The zero-order valence-corrected chi connectivity index (χ0v) is 10.1. The summed E-state index contributed by atoms with van der Waals surface area (Å²) in [5.41, 5.74) is 7.59. The Morgan fingerprint density at radius 1 is 1.50 bits per heavy atom. The Labute approximate surface area is 98.3 Å². The van der Waals surface area contributed by atoms with Crippen molar-refractivity contribution in [3.05, 3.63) is 30.1 Å². The van der Waals surface area contributed by atoms with E-state index in [2.05, 4.69) is 18.0 Å². The van der Waals surface area contributed by atoms with E-state index in [9.17, 15) is 0 Å². The van der Waals surface area contributed by atoms with Gasteiger partial charge in [-0.1, -0.05) is 25.8 Å². The van der Waals surface area contributed by atoms with E-state index in [1.54, 1.807) is 0 Å². The quantitative estimate of drug-likeness (QED) is 0.847. The number of pyridine rings is 1. The monoisotopic (exact) mass is 218 g/mol. The summed E-state index contributed by atoms with van der Waals surface area (Å²) in [5.74, 6) is 1.57. The van der Waals surface area contributed by atoms with Gasteiger partial charge in [0.05, 0.1) is 0 Å². The summed E-state index contributed by atoms with van der Waals surface area (Å²) in [7, 11) is 0. The molecule has 1 aromatic heterocycles. The molecule has 16 heavy (non-hydrogen) atoms. The van der Waals surface area contributed by atoms with Crippen LogP contribution in [0.25, 0.3) is 0 Å². The van der Waals surface area contributed by atoms with Gasteiger partial charge in [-0.2, -0.15) is 0 Å². The lowest BCUT2D eigenvalue weighted by Crippen LogP contribution is -2.35. The highest BCUT2D eigenvalue weighted by molar-refractivity contribution is 5.10. The standard InChI is InChI=1S/C14H22N2/c1-11-4-2-6-13(8-11)14(15)9-12-5-3-7-16-10-12/h3,5,7,10-11,13-14H,2,4,6,8-9,15H2,1H3. The van der Waals surface area contributed by atoms with Gasteiger partial charge in [-0.3, -0.25) is 4.98 Å². The predicted octanol–water partition coefficient (Wildman–Crippen LogP) is 2.78. The highest BCUT2D eigenvalue weighted by Gasteiger charge is 2.24. The van der Waals surface area contributed by atoms with Gasteiger partial charge in [0.1, 0.15) is 0 Å². The number of rotatable bonds is 3. The fraction of sp³-hybridized carbons (Fsp3) is 0.643. The number of aromatic nitrogens is 1. The van der Waals surface area contributed by atoms with Gasteiger partial charge in [-0.25, -0.2) is 0 Å². The molecule has 88 valence electrons. The van der Waals surface area contributed by atoms with E-state index in [1.165, 1.54) is 31.2 Å². The smallest absolute Gasteiger partial charge is 0.0300 e. The molecule has 1 saturated carbocycles. The largest absolute Gasteiger partial charge is 0.327 e. The Morgan fingerprint density at radius 3 is 3.06 bits per heavy atom. The Bertz CT molecular complexity index is 310. The van der Waals surface area contributed by atoms with E-state index in [0.717, 1.165) is 12.3 Å². The predicted molar refractivity (Wildman–Crippen MR) is 67.0 cm³/mol. The van der Waals surface area contributed by atoms with E-state index in [4.69, 9.17) is 5.73 Å². The minimum atomic E-state index is 0.312. The molecule has 1 aliphatic rings. The molecule has 0 aromatic carbocycles. The molecule has 0 radical (unpaired) electrons. The molecule has 2 rings (SSSR count). The maximum absolute atomic E-state index is 6.31. The van der Waals surface area contributed by atoms with Crippen LogP contribution in [0.1, 0.15) is 38.2 Å². The van der Waals surface area contributed by atoms with Crippen LogP contribution < -0.4 is 5.73 Å². The SMILES string of the molecule is CC1CCCC(C(N)Cc2cccnc2)C1. The van der Waals surface area contributed by atoms with E-state index in [0.29, 0.717) is 12.0 Å². The topological polar surface area (TPSA) is 38.9 Å². The molecule has 2 nitrogen and oxygen atoms in total. The van der Waals surface area contributed by atoms with Gasteiger partial charge in [0.2, 0.25) is 0 Å². The van der Waals surface area contributed by atoms with Gasteiger partial charge in [0.25, 0.3) is 0 Å². The van der Waals surface area contributed by atoms with Gasteiger partial charge < -0.3 is 5.73 Å². The maximum Gasteiger partial charge on any atom is 0.0300 e. The first-order valence-corrected chi connectivity index (χ1v) is 6.40. The molecule has 2 heteroatoms. The Hall–Kier alpha value is -0.890. The van der Waals surface area contributed by atoms with Gasteiger partial charge >= 0.3 is 0 Å². The second kappa shape index (κ2) is 5.44. The fourth-order valence-electron chi connectivity index (χ4n) is 2.83. The number of hydrogen-bond acceptors (Lipinski definition) is 2. The van der Waals surface area contributed by atoms with Crippen LogP contribution in [0, 0.1) is 11.8 Å². The third kappa shape index (κ3) is 3.05. The highest BCUT2D eigenvalue weighted by atomic mass is 14.7. The van der Waals surface area contributed by atoms with Crippen LogP contribution in [-0.2, 0) is 6.42 Å². The molecular formula is C14H22N2. The van der Waals surface area contributed by atoms with Gasteiger partial charge in [0.15, 0.2) is 0 Å². The van der Waals surface area contributed by atoms with Crippen molar-refractivity contribution in [2.75, 3.05) is 0 Å². The molecule has 0 spiro atoms. The molecule has 1 aromatic rings. The number of nitrogens with zero attached hydrogens (tertiary/aromatic N) is 1. The molecule has 1 aliphatic carbocycles. The van der Waals surface area contributed by atoms with Gasteiger partial charge in [-0.15, -0.1) is 0 Å². The fourth-order valence-corrected chi connectivity index (χ4v) is 2.83. The van der Waals surface area contributed by atoms with Crippen LogP contribution in [0.15, 0.2) is 24.5 Å². The average molecular weight is 218 g/mol. The van der Waals surface area contributed by atoms with Crippen molar-refractivity contribution in [2.45, 2.75) is 45.1 Å². The second-order valence-corrected chi connectivity index (χ2v) is 5.26. The lowest BCUT2D eigenvalue weighted by molar-refractivity contribution is 0.245. The minimum Gasteiger partial charge on any atom is -0.327 e. The van der Waals surface area contributed by atoms with Crippen molar-refractivity contribution in [2.24, 2.45) is 17.6 Å². The van der Waals surface area contributed by atoms with E-state index < -0.39 is 0 Å². The van der Waals surface area contributed by atoms with Crippen molar-refractivity contribution in [3.63, 3.8) is 0 Å². The van der Waals surface area contributed by atoms with Crippen LogP contribution in [0.4, 0.5) is 0 Å². The lowest BCUT2D eigenvalue weighted by Gasteiger charge is -2.31. The summed E-state index contributed by atoms with van der Waals surface area (Å²) in [6.45, 7) is 2.35. The van der Waals surface area contributed by atoms with E-state index in [-0.39, 0.29) is 0 Å². The molecule has 1 fully saturated rings. The summed E-state index contributed by atoms with van der Waals surface area (Å²) in [6, 6.07) is 4.43. The van der Waals surface area contributed by atoms with Crippen molar-refractivity contribution in [1.82, 2.24) is 4.98 Å². The zero-order valence-electron chi connectivity index (χ0n) is 10.1. The molecule has 0 saturated heterocycles. The summed E-state index contributed by atoms with van der Waals surface area (Å²) < 4.78 is 0. The Kier molecular flexibility index (Phi) is 3.94. The molecule has 3 atom stereocenters. The van der Waals surface area contributed by atoms with Crippen molar-refractivity contribution in [1.29, 1.82) is 0 Å². The third-order valence-corrected chi connectivity index (χ3v) is 3.78. The van der Waals surface area contributed by atoms with Crippen LogP contribution in [0.2, 0.25) is 0 Å². The van der Waals surface area contributed by atoms with Crippen LogP contribution >= 0.6 is 0 Å². The summed E-state index contributed by atoms with van der Waals surface area (Å²) in [5, 5.41) is 0. The Morgan fingerprint density at radius 2 is 2.38 bits per heavy atom. The normalized spacial score (nSPS) is 27.6. The summed E-state index contributed by atoms with van der Waals surface area (Å²) >= 11 is 0. The first-order chi connectivity index (χ1) is 7.75. The molecule has 0 aliphatic heterocycles. The summed E-state index contributed by atoms with van der Waals surface area (Å²) in [4.78, 5) is 4.14. The van der Waals surface area contributed by atoms with Crippen molar-refractivity contribution in [3.8, 4) is 0 Å². The maximum atomic E-state index is 6.31. The second-order valence-electron chi connectivity index (χ2n) is 5.26. The minimum absolute atomic E-state index is 0.312. The molecular weight excluding hydrogens is 196 g/mol. The van der Waals surface area contributed by atoms with Crippen LogP contribution in [0.3, 0.4) is 0 Å². The van der Waals surface area contributed by atoms with Crippen LogP contribution in [-0.4, -0.2) is 11.0 Å². The highest BCUT2D eigenvalue weighted by Crippen LogP contribution is 2.30. The zero-order chi connectivity index (χ0) is 11.4. The average Bonchev–Trinajstić information content (AvgIpc) is 2.30. The first-order valence-electron chi connectivity index (χ1n) is 6.40. The van der Waals surface area contributed by atoms with Gasteiger partial charge in [-0.05, 0) is 42.7 Å². The lowest BCUT2D eigenvalue weighted by atomic mass is 9.77. The molecule has 0 bridgehead atoms. The molecule has 1 heterocycles. The third-order valence-electron chi connectivity index (χ3n) is 3.78. The van der Waals surface area contributed by atoms with Gasteiger partial charge in [0, 0.05) is 18.4 Å².